The molecule has 1 fully saturated rings. The van der Waals surface area contributed by atoms with Gasteiger partial charge in [0.25, 0.3) is 0 Å². The minimum Gasteiger partial charge on any atom is -0.430 e. The molecule has 1 unspecified atom stereocenters. The summed E-state index contributed by atoms with van der Waals surface area (Å²) >= 11 is 0. The highest BCUT2D eigenvalue weighted by Gasteiger charge is 2.19. The molecule has 0 amide bonds. The largest absolute Gasteiger partial charge is 0.519 e. The van der Waals surface area contributed by atoms with Gasteiger partial charge in [-0.25, -0.2) is 9.59 Å². The van der Waals surface area contributed by atoms with Gasteiger partial charge >= 0.3 is 12.3 Å². The van der Waals surface area contributed by atoms with Crippen LogP contribution in [0.1, 0.15) is 6.92 Å². The van der Waals surface area contributed by atoms with E-state index in [0.29, 0.717) is 18.1 Å². The number of rotatable bonds is 2. The molecule has 0 bridgehead atoms. The average Bonchev–Trinajstić information content (AvgIpc) is 2.93. The molecule has 23 heavy (non-hydrogen) atoms. The maximum atomic E-state index is 11.3. The third-order valence-corrected chi connectivity index (χ3v) is 2.62. The average molecular weight is 316 g/mol. The van der Waals surface area contributed by atoms with E-state index in [9.17, 15) is 9.59 Å². The van der Waals surface area contributed by atoms with Crippen LogP contribution in [-0.4, -0.2) is 25.0 Å². The van der Waals surface area contributed by atoms with E-state index in [0.717, 1.165) is 0 Å². The third kappa shape index (κ3) is 6.09. The first-order valence-electron chi connectivity index (χ1n) is 6.96. The van der Waals surface area contributed by atoms with E-state index in [4.69, 9.17) is 9.47 Å². The van der Waals surface area contributed by atoms with Crippen LogP contribution < -0.4 is 9.47 Å². The molecule has 1 heterocycles. The Kier molecular flexibility index (Phi) is 5.99. The van der Waals surface area contributed by atoms with Crippen molar-refractivity contribution < 1.29 is 28.5 Å². The van der Waals surface area contributed by atoms with Crippen molar-refractivity contribution in [3.63, 3.8) is 0 Å². The molecule has 6 nitrogen and oxygen atoms in total. The summed E-state index contributed by atoms with van der Waals surface area (Å²) in [7, 11) is 0. The van der Waals surface area contributed by atoms with E-state index >= 15 is 0 Å². The Balaban J connectivity index is 0.000000229. The number of carbonyl (C=O) groups excluding carboxylic acids is 2. The van der Waals surface area contributed by atoms with Crippen molar-refractivity contribution in [1.29, 1.82) is 0 Å². The molecule has 2 aromatic rings. The summed E-state index contributed by atoms with van der Waals surface area (Å²) in [5, 5.41) is 0. The van der Waals surface area contributed by atoms with Crippen LogP contribution in [0, 0.1) is 0 Å². The lowest BCUT2D eigenvalue weighted by atomic mass is 10.3. The quantitative estimate of drug-likeness (QED) is 0.620. The molecular formula is C17H16O6. The summed E-state index contributed by atoms with van der Waals surface area (Å²) in [6.45, 7) is 2.18. The van der Waals surface area contributed by atoms with Crippen LogP contribution in [0.25, 0.3) is 0 Å². The highest BCUT2D eigenvalue weighted by Crippen LogP contribution is 2.12. The van der Waals surface area contributed by atoms with E-state index in [-0.39, 0.29) is 6.10 Å². The van der Waals surface area contributed by atoms with Crippen molar-refractivity contribution in [3.8, 4) is 11.5 Å². The van der Waals surface area contributed by atoms with Gasteiger partial charge in [-0.1, -0.05) is 36.4 Å². The molecule has 1 saturated heterocycles. The predicted molar refractivity (Wildman–Crippen MR) is 81.4 cm³/mol. The molecule has 1 aliphatic rings. The zero-order valence-corrected chi connectivity index (χ0v) is 12.5. The Morgan fingerprint density at radius 3 is 1.74 bits per heavy atom. The van der Waals surface area contributed by atoms with Crippen molar-refractivity contribution in [1.82, 2.24) is 0 Å². The molecule has 3 rings (SSSR count). The molecule has 0 spiro atoms. The smallest absolute Gasteiger partial charge is 0.430 e. The topological polar surface area (TPSA) is 71.1 Å². The van der Waals surface area contributed by atoms with Gasteiger partial charge in [0.05, 0.1) is 0 Å². The fourth-order valence-corrected chi connectivity index (χ4v) is 1.61. The summed E-state index contributed by atoms with van der Waals surface area (Å²) in [5.74, 6) is 0.923. The lowest BCUT2D eigenvalue weighted by Gasteiger charge is -2.04. The monoisotopic (exact) mass is 316 g/mol. The van der Waals surface area contributed by atoms with Crippen molar-refractivity contribution in [2.45, 2.75) is 13.0 Å². The van der Waals surface area contributed by atoms with Gasteiger partial charge in [0.1, 0.15) is 24.2 Å². The molecule has 0 radical (unpaired) electrons. The Hall–Kier alpha value is -3.02. The Morgan fingerprint density at radius 1 is 0.957 bits per heavy atom. The van der Waals surface area contributed by atoms with Gasteiger partial charge in [-0.05, 0) is 31.2 Å². The minimum absolute atomic E-state index is 0.0486. The number of para-hydroxylation sites is 2. The van der Waals surface area contributed by atoms with E-state index in [1.807, 2.05) is 12.1 Å². The number of ether oxygens (including phenoxy) is 4. The van der Waals surface area contributed by atoms with Crippen LogP contribution in [0.5, 0.6) is 11.5 Å². The molecule has 120 valence electrons. The molecule has 0 aromatic heterocycles. The first kappa shape index (κ1) is 16.4. The van der Waals surface area contributed by atoms with Crippen molar-refractivity contribution in [3.05, 3.63) is 60.7 Å². The normalized spacial score (nSPS) is 15.5. The van der Waals surface area contributed by atoms with Gasteiger partial charge < -0.3 is 18.9 Å². The minimum atomic E-state index is -0.739. The van der Waals surface area contributed by atoms with Gasteiger partial charge in [-0.2, -0.15) is 0 Å². The van der Waals surface area contributed by atoms with Crippen LogP contribution >= 0.6 is 0 Å². The molecule has 0 N–H and O–H groups in total. The standard InChI is InChI=1S/C13H10O3.C4H6O3/c14-13(15-11-7-3-1-4-8-11)16-12-9-5-2-6-10-12;1-3-2-6-4(5)7-3/h1-10H;3H,2H2,1H3. The summed E-state index contributed by atoms with van der Waals surface area (Å²) in [6, 6.07) is 17.6. The van der Waals surface area contributed by atoms with Gasteiger partial charge in [0.15, 0.2) is 0 Å². The van der Waals surface area contributed by atoms with Gasteiger partial charge in [0, 0.05) is 0 Å². The molecule has 2 aromatic carbocycles. The SMILES string of the molecule is CC1COC(=O)O1.O=C(Oc1ccccc1)Oc1ccccc1. The second-order valence-corrected chi connectivity index (χ2v) is 4.57. The van der Waals surface area contributed by atoms with Gasteiger partial charge in [-0.15, -0.1) is 0 Å². The lowest BCUT2D eigenvalue weighted by Crippen LogP contribution is -2.13. The first-order valence-corrected chi connectivity index (χ1v) is 6.96. The fraction of sp³-hybridized carbons (Fsp3) is 0.176. The second kappa shape index (κ2) is 8.43. The van der Waals surface area contributed by atoms with Gasteiger partial charge in [0.2, 0.25) is 0 Å². The number of hydrogen-bond donors (Lipinski definition) is 0. The summed E-state index contributed by atoms with van der Waals surface area (Å²) in [4.78, 5) is 21.3. The summed E-state index contributed by atoms with van der Waals surface area (Å²) in [5.41, 5.74) is 0. The van der Waals surface area contributed by atoms with Crippen molar-refractivity contribution in [2.24, 2.45) is 0 Å². The van der Waals surface area contributed by atoms with Crippen LogP contribution in [0.2, 0.25) is 0 Å². The van der Waals surface area contributed by atoms with Crippen LogP contribution in [-0.2, 0) is 9.47 Å². The molecule has 1 aliphatic heterocycles. The Labute approximate surface area is 133 Å². The fourth-order valence-electron chi connectivity index (χ4n) is 1.61. The molecule has 0 saturated carbocycles. The number of benzene rings is 2. The van der Waals surface area contributed by atoms with Crippen molar-refractivity contribution in [2.75, 3.05) is 6.61 Å². The maximum absolute atomic E-state index is 11.3. The second-order valence-electron chi connectivity index (χ2n) is 4.57. The zero-order valence-electron chi connectivity index (χ0n) is 12.5. The summed E-state index contributed by atoms with van der Waals surface area (Å²) < 4.78 is 18.8. The van der Waals surface area contributed by atoms with E-state index in [1.54, 1.807) is 55.5 Å². The molecular weight excluding hydrogens is 300 g/mol. The third-order valence-electron chi connectivity index (χ3n) is 2.62. The Bertz CT molecular complexity index is 583. The molecule has 0 aliphatic carbocycles. The molecule has 6 heteroatoms. The van der Waals surface area contributed by atoms with Gasteiger partial charge in [-0.3, -0.25) is 0 Å². The van der Waals surface area contributed by atoms with Crippen LogP contribution in [0.3, 0.4) is 0 Å². The summed E-state index contributed by atoms with van der Waals surface area (Å²) in [6.07, 6.45) is -1.34. The van der Waals surface area contributed by atoms with Crippen LogP contribution in [0.15, 0.2) is 60.7 Å². The number of cyclic esters (lactones) is 2. The Morgan fingerprint density at radius 2 is 1.43 bits per heavy atom. The van der Waals surface area contributed by atoms with E-state index < -0.39 is 12.3 Å². The predicted octanol–water partition coefficient (Wildman–Crippen LogP) is 3.81. The lowest BCUT2D eigenvalue weighted by molar-refractivity contribution is 0.121. The van der Waals surface area contributed by atoms with Crippen molar-refractivity contribution >= 4 is 12.3 Å². The maximum Gasteiger partial charge on any atom is 0.519 e. The highest BCUT2D eigenvalue weighted by molar-refractivity contribution is 5.66. The number of carbonyl (C=O) groups is 2. The van der Waals surface area contributed by atoms with Crippen LogP contribution in [0.4, 0.5) is 9.59 Å². The molecule has 1 atom stereocenters. The first-order chi connectivity index (χ1) is 11.1. The number of hydrogen-bond acceptors (Lipinski definition) is 6. The highest BCUT2D eigenvalue weighted by atomic mass is 16.8. The van der Waals surface area contributed by atoms with E-state index in [1.165, 1.54) is 0 Å². The zero-order chi connectivity index (χ0) is 16.5. The van der Waals surface area contributed by atoms with E-state index in [2.05, 4.69) is 9.47 Å².